The molecule has 6 heteroatoms. The number of hydrogen-bond donors (Lipinski definition) is 1. The normalized spacial score (nSPS) is 8.93. The van der Waals surface area contributed by atoms with Gasteiger partial charge in [-0.15, -0.1) is 0 Å². The summed E-state index contributed by atoms with van der Waals surface area (Å²) < 4.78 is 0. The molecule has 15 heavy (non-hydrogen) atoms. The Labute approximate surface area is 84.8 Å². The standard InChI is InChI=1S/C9H5N3O3/c10-2-1-6-3-8(12(14)15)9(13)4-7(6)5-11/h3-4,13H,1H2. The SMILES string of the molecule is N#CCc1cc([N+](=O)[O-])c(O)cc1C#N. The molecule has 0 aromatic heterocycles. The van der Waals surface area contributed by atoms with Gasteiger partial charge in [0.2, 0.25) is 0 Å². The fraction of sp³-hybridized carbons (Fsp3) is 0.111. The molecule has 0 aliphatic carbocycles. The van der Waals surface area contributed by atoms with E-state index in [0.717, 1.165) is 12.1 Å². The van der Waals surface area contributed by atoms with Gasteiger partial charge >= 0.3 is 5.69 Å². The van der Waals surface area contributed by atoms with E-state index in [4.69, 9.17) is 10.5 Å². The summed E-state index contributed by atoms with van der Waals surface area (Å²) in [4.78, 5) is 9.69. The zero-order chi connectivity index (χ0) is 11.4. The summed E-state index contributed by atoms with van der Waals surface area (Å²) in [6.45, 7) is 0. The van der Waals surface area contributed by atoms with E-state index in [1.807, 2.05) is 0 Å². The summed E-state index contributed by atoms with van der Waals surface area (Å²) >= 11 is 0. The van der Waals surface area contributed by atoms with Crippen molar-refractivity contribution in [2.75, 3.05) is 0 Å². The molecule has 0 unspecified atom stereocenters. The van der Waals surface area contributed by atoms with Gasteiger partial charge in [-0.2, -0.15) is 10.5 Å². The molecule has 74 valence electrons. The molecule has 0 aliphatic heterocycles. The van der Waals surface area contributed by atoms with Crippen LogP contribution in [0.1, 0.15) is 11.1 Å². The van der Waals surface area contributed by atoms with Crippen LogP contribution in [0.4, 0.5) is 5.69 Å². The summed E-state index contributed by atoms with van der Waals surface area (Å²) in [5.41, 5.74) is -0.191. The van der Waals surface area contributed by atoms with E-state index >= 15 is 0 Å². The van der Waals surface area contributed by atoms with E-state index in [1.165, 1.54) is 0 Å². The molecule has 1 aromatic carbocycles. The lowest BCUT2D eigenvalue weighted by Crippen LogP contribution is -1.94. The number of nitrogens with zero attached hydrogens (tertiary/aromatic N) is 3. The molecular formula is C9H5N3O3. The van der Waals surface area contributed by atoms with E-state index in [0.29, 0.717) is 0 Å². The van der Waals surface area contributed by atoms with E-state index in [2.05, 4.69) is 0 Å². The summed E-state index contributed by atoms with van der Waals surface area (Å²) in [7, 11) is 0. The third-order valence-electron chi connectivity index (χ3n) is 1.79. The molecule has 0 saturated carbocycles. The molecule has 0 aliphatic rings. The largest absolute Gasteiger partial charge is 0.502 e. The molecule has 0 amide bonds. The van der Waals surface area contributed by atoms with Gasteiger partial charge in [0.1, 0.15) is 0 Å². The average molecular weight is 203 g/mol. The highest BCUT2D eigenvalue weighted by molar-refractivity contribution is 5.55. The Kier molecular flexibility index (Phi) is 2.85. The van der Waals surface area contributed by atoms with Gasteiger partial charge in [0.15, 0.2) is 5.75 Å². The molecule has 1 rings (SSSR count). The molecule has 1 N–H and O–H groups in total. The first kappa shape index (κ1) is 10.5. The minimum Gasteiger partial charge on any atom is -0.502 e. The number of phenols is 1. The third kappa shape index (κ3) is 2.01. The van der Waals surface area contributed by atoms with Crippen LogP contribution in [0.3, 0.4) is 0 Å². The van der Waals surface area contributed by atoms with Crippen LogP contribution in [0, 0.1) is 32.8 Å². The summed E-state index contributed by atoms with van der Waals surface area (Å²) in [5, 5.41) is 36.8. The lowest BCUT2D eigenvalue weighted by molar-refractivity contribution is -0.385. The van der Waals surface area contributed by atoms with E-state index in [1.54, 1.807) is 12.1 Å². The smallest absolute Gasteiger partial charge is 0.311 e. The molecular weight excluding hydrogens is 198 g/mol. The van der Waals surface area contributed by atoms with Crippen LogP contribution in [0.5, 0.6) is 5.75 Å². The van der Waals surface area contributed by atoms with Crippen LogP contribution in [0.15, 0.2) is 12.1 Å². The Balaban J connectivity index is 3.39. The minimum atomic E-state index is -0.767. The Morgan fingerprint density at radius 3 is 2.60 bits per heavy atom. The van der Waals surface area contributed by atoms with Gasteiger partial charge in [0.05, 0.1) is 29.0 Å². The molecule has 1 aromatic rings. The van der Waals surface area contributed by atoms with Gasteiger partial charge in [0, 0.05) is 12.1 Å². The second-order valence-electron chi connectivity index (χ2n) is 2.70. The zero-order valence-corrected chi connectivity index (χ0v) is 7.47. The Bertz CT molecular complexity index is 497. The predicted octanol–water partition coefficient (Wildman–Crippen LogP) is 1.24. The molecule has 0 fully saturated rings. The first-order valence-electron chi connectivity index (χ1n) is 3.87. The number of hydrogen-bond acceptors (Lipinski definition) is 5. The van der Waals surface area contributed by atoms with Gasteiger partial charge in [-0.05, 0) is 5.56 Å². The number of rotatable bonds is 2. The number of nitriles is 2. The average Bonchev–Trinajstić information content (AvgIpc) is 2.20. The number of benzene rings is 1. The Hall–Kier alpha value is -2.60. The lowest BCUT2D eigenvalue weighted by Gasteiger charge is -2.00. The quantitative estimate of drug-likeness (QED) is 0.574. The van der Waals surface area contributed by atoms with Crippen molar-refractivity contribution < 1.29 is 10.0 Å². The molecule has 0 radical (unpaired) electrons. The number of nitro benzene ring substituents is 1. The fourth-order valence-electron chi connectivity index (χ4n) is 1.10. The molecule has 6 nitrogen and oxygen atoms in total. The summed E-state index contributed by atoms with van der Waals surface area (Å²) in [5.74, 6) is -0.571. The Morgan fingerprint density at radius 2 is 2.13 bits per heavy atom. The highest BCUT2D eigenvalue weighted by atomic mass is 16.6. The molecule has 0 bridgehead atoms. The molecule has 0 atom stereocenters. The van der Waals surface area contributed by atoms with Gasteiger partial charge < -0.3 is 5.11 Å². The first-order chi connectivity index (χ1) is 7.10. The van der Waals surface area contributed by atoms with Crippen molar-refractivity contribution in [1.29, 1.82) is 10.5 Å². The van der Waals surface area contributed by atoms with Crippen molar-refractivity contribution in [3.05, 3.63) is 33.4 Å². The maximum Gasteiger partial charge on any atom is 0.311 e. The number of nitro groups is 1. The third-order valence-corrected chi connectivity index (χ3v) is 1.79. The Morgan fingerprint density at radius 1 is 1.47 bits per heavy atom. The molecule has 0 spiro atoms. The second kappa shape index (κ2) is 4.07. The molecule has 0 heterocycles. The van der Waals surface area contributed by atoms with E-state index in [9.17, 15) is 15.2 Å². The monoisotopic (exact) mass is 203 g/mol. The summed E-state index contributed by atoms with van der Waals surface area (Å²) in [6.07, 6.45) is -0.107. The van der Waals surface area contributed by atoms with Gasteiger partial charge in [-0.3, -0.25) is 10.1 Å². The van der Waals surface area contributed by atoms with Crippen molar-refractivity contribution in [3.8, 4) is 17.9 Å². The van der Waals surface area contributed by atoms with Crippen molar-refractivity contribution in [3.63, 3.8) is 0 Å². The minimum absolute atomic E-state index is 0.0691. The number of aromatic hydroxyl groups is 1. The zero-order valence-electron chi connectivity index (χ0n) is 7.47. The second-order valence-corrected chi connectivity index (χ2v) is 2.70. The van der Waals surface area contributed by atoms with Crippen LogP contribution in [0.25, 0.3) is 0 Å². The maximum absolute atomic E-state index is 10.5. The van der Waals surface area contributed by atoms with Crippen LogP contribution < -0.4 is 0 Å². The molecule has 0 saturated heterocycles. The van der Waals surface area contributed by atoms with Crippen molar-refractivity contribution in [2.45, 2.75) is 6.42 Å². The lowest BCUT2D eigenvalue weighted by atomic mass is 10.0. The number of phenolic OH excluding ortho intramolecular Hbond substituents is 1. The van der Waals surface area contributed by atoms with E-state index < -0.39 is 16.4 Å². The van der Waals surface area contributed by atoms with Crippen LogP contribution in [-0.2, 0) is 6.42 Å². The first-order valence-corrected chi connectivity index (χ1v) is 3.87. The fourth-order valence-corrected chi connectivity index (χ4v) is 1.10. The topological polar surface area (TPSA) is 111 Å². The van der Waals surface area contributed by atoms with Crippen molar-refractivity contribution >= 4 is 5.69 Å². The van der Waals surface area contributed by atoms with Gasteiger partial charge in [-0.25, -0.2) is 0 Å². The highest BCUT2D eigenvalue weighted by Gasteiger charge is 2.17. The predicted molar refractivity (Wildman–Crippen MR) is 48.8 cm³/mol. The summed E-state index contributed by atoms with van der Waals surface area (Å²) in [6, 6.07) is 5.57. The van der Waals surface area contributed by atoms with Crippen molar-refractivity contribution in [2.24, 2.45) is 0 Å². The van der Waals surface area contributed by atoms with Crippen LogP contribution in [-0.4, -0.2) is 10.0 Å². The van der Waals surface area contributed by atoms with E-state index in [-0.39, 0.29) is 17.5 Å². The van der Waals surface area contributed by atoms with Crippen LogP contribution >= 0.6 is 0 Å². The highest BCUT2D eigenvalue weighted by Crippen LogP contribution is 2.29. The maximum atomic E-state index is 10.5. The van der Waals surface area contributed by atoms with Gasteiger partial charge in [0.25, 0.3) is 0 Å². The van der Waals surface area contributed by atoms with Crippen LogP contribution in [0.2, 0.25) is 0 Å². The van der Waals surface area contributed by atoms with Gasteiger partial charge in [-0.1, -0.05) is 0 Å². The van der Waals surface area contributed by atoms with Crippen molar-refractivity contribution in [1.82, 2.24) is 0 Å².